The van der Waals surface area contributed by atoms with Crippen molar-refractivity contribution in [1.29, 1.82) is 5.26 Å². The van der Waals surface area contributed by atoms with Gasteiger partial charge in [0, 0.05) is 43.9 Å². The number of hydrogen-bond acceptors (Lipinski definition) is 8. The summed E-state index contributed by atoms with van der Waals surface area (Å²) in [7, 11) is 1.66. The van der Waals surface area contributed by atoms with Crippen molar-refractivity contribution in [2.45, 2.75) is 44.6 Å². The van der Waals surface area contributed by atoms with Gasteiger partial charge in [0.25, 0.3) is 0 Å². The standard InChI is InChI=1S/C33H30F6N10/c1-48-19-43-47-31(48)25-8-6-23(32(34,35)36)14-26(25)21-12-28(42-11-3-2-10-40)46-29(13-21)49-18-22(16-44-49)30-27(33(37,38)39)9-7-24(45-30)17-41-15-20-4-5-20/h6-9,12-14,16,18-20,41H,2-5,11,15,17H2,1H3,(H,42,46). The molecule has 10 nitrogen and oxygen atoms in total. The third kappa shape index (κ3) is 7.89. The molecule has 4 heterocycles. The number of nitrogens with zero attached hydrogens (tertiary/aromatic N) is 8. The van der Waals surface area contributed by atoms with Gasteiger partial charge in [0.05, 0.1) is 34.8 Å². The van der Waals surface area contributed by atoms with Crippen LogP contribution in [0.3, 0.4) is 0 Å². The van der Waals surface area contributed by atoms with E-state index in [-0.39, 0.29) is 34.9 Å². The average Bonchev–Trinajstić information content (AvgIpc) is 3.57. The Bertz CT molecular complexity index is 1980. The van der Waals surface area contributed by atoms with Crippen LogP contribution in [-0.4, -0.2) is 47.6 Å². The van der Waals surface area contributed by atoms with Gasteiger partial charge in [0.15, 0.2) is 11.6 Å². The van der Waals surface area contributed by atoms with Crippen molar-refractivity contribution < 1.29 is 26.3 Å². The van der Waals surface area contributed by atoms with Crippen LogP contribution in [0.15, 0.2) is 61.2 Å². The molecule has 0 amide bonds. The number of benzene rings is 1. The van der Waals surface area contributed by atoms with Gasteiger partial charge >= 0.3 is 12.4 Å². The number of hydrogen-bond donors (Lipinski definition) is 2. The molecule has 1 aliphatic carbocycles. The molecule has 5 aromatic rings. The SMILES string of the molecule is Cn1cnnc1-c1ccc(C(F)(F)F)cc1-c1cc(NCCCC#N)nc(-n2cc(-c3nc(CNCC4CC4)ccc3C(F)(F)F)cn2)c1. The Morgan fingerprint density at radius 3 is 2.47 bits per heavy atom. The number of pyridine rings is 2. The summed E-state index contributed by atoms with van der Waals surface area (Å²) in [6.45, 7) is 1.38. The first-order valence-corrected chi connectivity index (χ1v) is 15.4. The molecule has 1 fully saturated rings. The highest BCUT2D eigenvalue weighted by molar-refractivity contribution is 5.83. The second kappa shape index (κ2) is 13.7. The van der Waals surface area contributed by atoms with Crippen LogP contribution >= 0.6 is 0 Å². The molecule has 0 spiro atoms. The van der Waals surface area contributed by atoms with E-state index in [9.17, 15) is 26.3 Å². The minimum atomic E-state index is -4.69. The first kappa shape index (κ1) is 33.6. The zero-order valence-electron chi connectivity index (χ0n) is 26.1. The van der Waals surface area contributed by atoms with E-state index in [2.05, 4.69) is 35.9 Å². The highest BCUT2D eigenvalue weighted by atomic mass is 19.4. The zero-order valence-corrected chi connectivity index (χ0v) is 26.1. The van der Waals surface area contributed by atoms with Gasteiger partial charge < -0.3 is 15.2 Å². The minimum Gasteiger partial charge on any atom is -0.370 e. The van der Waals surface area contributed by atoms with E-state index in [0.29, 0.717) is 48.1 Å². The molecule has 6 rings (SSSR count). The number of nitriles is 1. The van der Waals surface area contributed by atoms with E-state index in [1.54, 1.807) is 17.7 Å². The van der Waals surface area contributed by atoms with Crippen LogP contribution in [0.25, 0.3) is 39.6 Å². The fourth-order valence-electron chi connectivity index (χ4n) is 5.29. The van der Waals surface area contributed by atoms with Crippen LogP contribution in [0.5, 0.6) is 0 Å². The lowest BCUT2D eigenvalue weighted by Gasteiger charge is -2.16. The number of aromatic nitrogens is 7. The zero-order chi connectivity index (χ0) is 34.8. The molecule has 0 unspecified atom stereocenters. The largest absolute Gasteiger partial charge is 0.418 e. The highest BCUT2D eigenvalue weighted by Gasteiger charge is 2.35. The summed E-state index contributed by atoms with van der Waals surface area (Å²) in [6, 6.07) is 10.7. The molecule has 1 aromatic carbocycles. The third-order valence-corrected chi connectivity index (χ3v) is 7.98. The van der Waals surface area contributed by atoms with Crippen LogP contribution in [0, 0.1) is 17.2 Å². The van der Waals surface area contributed by atoms with E-state index in [4.69, 9.17) is 5.26 Å². The van der Waals surface area contributed by atoms with Crippen molar-refractivity contribution in [1.82, 2.24) is 39.8 Å². The van der Waals surface area contributed by atoms with Crippen LogP contribution < -0.4 is 10.6 Å². The molecular weight excluding hydrogens is 650 g/mol. The van der Waals surface area contributed by atoms with Gasteiger partial charge in [-0.2, -0.15) is 36.7 Å². The van der Waals surface area contributed by atoms with Gasteiger partial charge in [0.1, 0.15) is 12.1 Å². The average molecular weight is 681 g/mol. The normalized spacial score (nSPS) is 13.4. The summed E-state index contributed by atoms with van der Waals surface area (Å²) < 4.78 is 86.9. The lowest BCUT2D eigenvalue weighted by Crippen LogP contribution is -2.18. The Morgan fingerprint density at radius 1 is 0.959 bits per heavy atom. The number of nitrogens with one attached hydrogen (secondary N) is 2. The maximum Gasteiger partial charge on any atom is 0.418 e. The van der Waals surface area contributed by atoms with Crippen LogP contribution in [-0.2, 0) is 25.9 Å². The van der Waals surface area contributed by atoms with Crippen molar-refractivity contribution in [3.05, 3.63) is 78.0 Å². The predicted octanol–water partition coefficient (Wildman–Crippen LogP) is 7.04. The summed E-state index contributed by atoms with van der Waals surface area (Å²) in [5.41, 5.74) is -0.815. The molecule has 16 heteroatoms. The van der Waals surface area contributed by atoms with E-state index < -0.39 is 23.5 Å². The fourth-order valence-corrected chi connectivity index (χ4v) is 5.29. The summed E-state index contributed by atoms with van der Waals surface area (Å²) in [5, 5.41) is 27.5. The lowest BCUT2D eigenvalue weighted by molar-refractivity contribution is -0.138. The molecule has 49 heavy (non-hydrogen) atoms. The van der Waals surface area contributed by atoms with Crippen molar-refractivity contribution in [2.24, 2.45) is 13.0 Å². The molecular formula is C33H30F6N10. The number of halogens is 6. The molecule has 1 aliphatic rings. The first-order valence-electron chi connectivity index (χ1n) is 15.4. The number of rotatable bonds is 12. The smallest absolute Gasteiger partial charge is 0.370 e. The Balaban J connectivity index is 1.44. The molecule has 0 radical (unpaired) electrons. The molecule has 4 aromatic heterocycles. The van der Waals surface area contributed by atoms with Gasteiger partial charge in [-0.05, 0) is 85.3 Å². The number of unbranched alkanes of at least 4 members (excludes halogenated alkanes) is 1. The van der Waals surface area contributed by atoms with Gasteiger partial charge in [-0.3, -0.25) is 4.98 Å². The van der Waals surface area contributed by atoms with Crippen molar-refractivity contribution in [3.8, 4) is 45.7 Å². The second-order valence-electron chi connectivity index (χ2n) is 11.8. The number of anilines is 1. The lowest BCUT2D eigenvalue weighted by atomic mass is 9.96. The number of alkyl halides is 6. The Labute approximate surface area is 276 Å². The summed E-state index contributed by atoms with van der Waals surface area (Å²) in [4.78, 5) is 8.90. The van der Waals surface area contributed by atoms with Gasteiger partial charge in [0.2, 0.25) is 0 Å². The molecule has 254 valence electrons. The quantitative estimate of drug-likeness (QED) is 0.106. The van der Waals surface area contributed by atoms with Gasteiger partial charge in [-0.1, -0.05) is 0 Å². The molecule has 2 N–H and O–H groups in total. The van der Waals surface area contributed by atoms with Crippen molar-refractivity contribution in [2.75, 3.05) is 18.4 Å². The van der Waals surface area contributed by atoms with E-state index in [1.807, 2.05) is 6.07 Å². The van der Waals surface area contributed by atoms with Gasteiger partial charge in [-0.25, -0.2) is 9.67 Å². The van der Waals surface area contributed by atoms with Gasteiger partial charge in [-0.15, -0.1) is 10.2 Å². The maximum absolute atomic E-state index is 14.1. The molecule has 0 atom stereocenters. The third-order valence-electron chi connectivity index (χ3n) is 7.98. The Morgan fingerprint density at radius 2 is 1.78 bits per heavy atom. The van der Waals surface area contributed by atoms with Crippen LogP contribution in [0.1, 0.15) is 42.5 Å². The summed E-state index contributed by atoms with van der Waals surface area (Å²) in [5.74, 6) is 1.25. The number of aryl methyl sites for hydroxylation is 1. The molecule has 1 saturated carbocycles. The monoisotopic (exact) mass is 680 g/mol. The van der Waals surface area contributed by atoms with Crippen LogP contribution in [0.2, 0.25) is 0 Å². The molecule has 0 saturated heterocycles. The topological polar surface area (TPSA) is 122 Å². The molecule has 0 bridgehead atoms. The fraction of sp³-hybridized carbons (Fsp3) is 0.333. The van der Waals surface area contributed by atoms with Crippen molar-refractivity contribution in [3.63, 3.8) is 0 Å². The van der Waals surface area contributed by atoms with E-state index in [0.717, 1.165) is 37.6 Å². The Hall–Kier alpha value is -5.30. The van der Waals surface area contributed by atoms with E-state index >= 15 is 0 Å². The summed E-state index contributed by atoms with van der Waals surface area (Å²) in [6.07, 6.45) is -2.36. The Kier molecular flexibility index (Phi) is 9.37. The van der Waals surface area contributed by atoms with Crippen molar-refractivity contribution >= 4 is 5.82 Å². The first-order chi connectivity index (χ1) is 23.4. The second-order valence-corrected chi connectivity index (χ2v) is 11.8. The minimum absolute atomic E-state index is 0.0749. The maximum atomic E-state index is 14.1. The summed E-state index contributed by atoms with van der Waals surface area (Å²) >= 11 is 0. The highest BCUT2D eigenvalue weighted by Crippen LogP contribution is 2.39. The van der Waals surface area contributed by atoms with E-state index in [1.165, 1.54) is 41.6 Å². The predicted molar refractivity (Wildman–Crippen MR) is 168 cm³/mol. The molecule has 0 aliphatic heterocycles. The van der Waals surface area contributed by atoms with Crippen LogP contribution in [0.4, 0.5) is 32.2 Å².